The lowest BCUT2D eigenvalue weighted by atomic mass is 10.1. The second kappa shape index (κ2) is 6.22. The summed E-state index contributed by atoms with van der Waals surface area (Å²) < 4.78 is 1.82. The Labute approximate surface area is 124 Å². The maximum atomic E-state index is 4.11. The molecule has 21 heavy (non-hydrogen) atoms. The van der Waals surface area contributed by atoms with Crippen LogP contribution in [0.2, 0.25) is 0 Å². The molecule has 0 spiro atoms. The maximum Gasteiger partial charge on any atom is 0.137 e. The van der Waals surface area contributed by atoms with Crippen LogP contribution in [-0.4, -0.2) is 14.8 Å². The molecule has 0 aliphatic rings. The summed E-state index contributed by atoms with van der Waals surface area (Å²) in [6.45, 7) is 3.73. The fourth-order valence-electron chi connectivity index (χ4n) is 2.24. The van der Waals surface area contributed by atoms with E-state index in [0.29, 0.717) is 0 Å². The Morgan fingerprint density at radius 2 is 1.86 bits per heavy atom. The Morgan fingerprint density at radius 3 is 2.57 bits per heavy atom. The van der Waals surface area contributed by atoms with E-state index in [-0.39, 0.29) is 0 Å². The lowest BCUT2D eigenvalue weighted by Gasteiger charge is -2.09. The third-order valence-corrected chi connectivity index (χ3v) is 3.51. The van der Waals surface area contributed by atoms with Crippen LogP contribution in [0.4, 0.5) is 5.69 Å². The molecule has 4 heteroatoms. The molecule has 0 radical (unpaired) electrons. The second-order valence-electron chi connectivity index (χ2n) is 5.07. The highest BCUT2D eigenvalue weighted by atomic mass is 15.3. The first-order valence-electron chi connectivity index (χ1n) is 7.01. The minimum Gasteiger partial charge on any atom is -0.381 e. The number of aryl methyl sites for hydroxylation is 1. The van der Waals surface area contributed by atoms with Gasteiger partial charge in [-0.05, 0) is 35.7 Å². The predicted octanol–water partition coefficient (Wildman–Crippen LogP) is 3.25. The standard InChI is InChI=1S/C17H18N4/c1-14-4-2-3-5-16(14)10-19-17-8-6-15(7-9-17)11-21-13-18-12-20-21/h2-9,12-13,19H,10-11H2,1H3. The molecule has 0 fully saturated rings. The number of anilines is 1. The highest BCUT2D eigenvalue weighted by molar-refractivity contribution is 5.45. The van der Waals surface area contributed by atoms with E-state index in [1.54, 1.807) is 12.7 Å². The topological polar surface area (TPSA) is 42.7 Å². The van der Waals surface area contributed by atoms with Gasteiger partial charge in [0.25, 0.3) is 0 Å². The maximum absolute atomic E-state index is 4.11. The van der Waals surface area contributed by atoms with E-state index >= 15 is 0 Å². The van der Waals surface area contributed by atoms with Gasteiger partial charge >= 0.3 is 0 Å². The highest BCUT2D eigenvalue weighted by Crippen LogP contribution is 2.13. The lowest BCUT2D eigenvalue weighted by Crippen LogP contribution is -2.02. The molecular weight excluding hydrogens is 260 g/mol. The molecule has 106 valence electrons. The molecule has 3 rings (SSSR count). The van der Waals surface area contributed by atoms with E-state index in [2.05, 4.69) is 70.9 Å². The second-order valence-corrected chi connectivity index (χ2v) is 5.07. The first kappa shape index (κ1) is 13.4. The van der Waals surface area contributed by atoms with Crippen LogP contribution in [0.25, 0.3) is 0 Å². The van der Waals surface area contributed by atoms with Gasteiger partial charge in [0.2, 0.25) is 0 Å². The molecular formula is C17H18N4. The minimum absolute atomic E-state index is 0.748. The summed E-state index contributed by atoms with van der Waals surface area (Å²) in [6.07, 6.45) is 3.28. The first-order valence-corrected chi connectivity index (χ1v) is 7.01. The number of hydrogen-bond acceptors (Lipinski definition) is 3. The quantitative estimate of drug-likeness (QED) is 0.779. The molecule has 3 aromatic rings. The van der Waals surface area contributed by atoms with Crippen molar-refractivity contribution in [1.29, 1.82) is 0 Å². The van der Waals surface area contributed by atoms with Gasteiger partial charge in [-0.25, -0.2) is 9.67 Å². The number of nitrogens with zero attached hydrogens (tertiary/aromatic N) is 3. The Morgan fingerprint density at radius 1 is 1.05 bits per heavy atom. The Balaban J connectivity index is 1.61. The minimum atomic E-state index is 0.748. The van der Waals surface area contributed by atoms with Gasteiger partial charge in [-0.2, -0.15) is 5.10 Å². The molecule has 0 amide bonds. The van der Waals surface area contributed by atoms with Gasteiger partial charge in [-0.15, -0.1) is 0 Å². The number of aromatic nitrogens is 3. The number of benzene rings is 2. The van der Waals surface area contributed by atoms with Gasteiger partial charge in [0, 0.05) is 12.2 Å². The van der Waals surface area contributed by atoms with Crippen molar-refractivity contribution in [1.82, 2.24) is 14.8 Å². The van der Waals surface area contributed by atoms with E-state index in [9.17, 15) is 0 Å². The van der Waals surface area contributed by atoms with Crippen LogP contribution in [0, 0.1) is 6.92 Å². The summed E-state index contributed by atoms with van der Waals surface area (Å²) in [5, 5.41) is 7.56. The predicted molar refractivity (Wildman–Crippen MR) is 84.1 cm³/mol. The molecule has 0 atom stereocenters. The number of nitrogens with one attached hydrogen (secondary N) is 1. The van der Waals surface area contributed by atoms with Gasteiger partial charge < -0.3 is 5.32 Å². The third kappa shape index (κ3) is 3.48. The van der Waals surface area contributed by atoms with Gasteiger partial charge in [0.1, 0.15) is 12.7 Å². The van der Waals surface area contributed by atoms with Gasteiger partial charge in [0.05, 0.1) is 6.54 Å². The Kier molecular flexibility index (Phi) is 3.96. The van der Waals surface area contributed by atoms with Crippen LogP contribution in [-0.2, 0) is 13.1 Å². The average molecular weight is 278 g/mol. The molecule has 2 aromatic carbocycles. The molecule has 4 nitrogen and oxygen atoms in total. The summed E-state index contributed by atoms with van der Waals surface area (Å²) in [6, 6.07) is 16.9. The zero-order valence-electron chi connectivity index (χ0n) is 12.0. The van der Waals surface area contributed by atoms with Crippen LogP contribution in [0.1, 0.15) is 16.7 Å². The smallest absolute Gasteiger partial charge is 0.137 e. The zero-order chi connectivity index (χ0) is 14.5. The molecule has 1 aromatic heterocycles. The Bertz CT molecular complexity index is 687. The number of rotatable bonds is 5. The lowest BCUT2D eigenvalue weighted by molar-refractivity contribution is 0.685. The van der Waals surface area contributed by atoms with E-state index in [1.807, 2.05) is 4.68 Å². The van der Waals surface area contributed by atoms with Crippen molar-refractivity contribution in [2.75, 3.05) is 5.32 Å². The van der Waals surface area contributed by atoms with Crippen molar-refractivity contribution >= 4 is 5.69 Å². The van der Waals surface area contributed by atoms with Crippen LogP contribution in [0.3, 0.4) is 0 Å². The molecule has 1 N–H and O–H groups in total. The number of hydrogen-bond donors (Lipinski definition) is 1. The van der Waals surface area contributed by atoms with Crippen LogP contribution in [0.15, 0.2) is 61.2 Å². The van der Waals surface area contributed by atoms with E-state index in [4.69, 9.17) is 0 Å². The Hall–Kier alpha value is -2.62. The molecule has 0 saturated carbocycles. The van der Waals surface area contributed by atoms with Crippen molar-refractivity contribution in [2.24, 2.45) is 0 Å². The third-order valence-electron chi connectivity index (χ3n) is 3.51. The summed E-state index contributed by atoms with van der Waals surface area (Å²) >= 11 is 0. The van der Waals surface area contributed by atoms with Gasteiger partial charge in [-0.3, -0.25) is 0 Å². The zero-order valence-corrected chi connectivity index (χ0v) is 12.0. The summed E-state index contributed by atoms with van der Waals surface area (Å²) in [5.74, 6) is 0. The van der Waals surface area contributed by atoms with Crippen LogP contribution in [0.5, 0.6) is 0 Å². The molecule has 0 aliphatic carbocycles. The first-order chi connectivity index (χ1) is 10.3. The monoisotopic (exact) mass is 278 g/mol. The van der Waals surface area contributed by atoms with Crippen molar-refractivity contribution < 1.29 is 0 Å². The average Bonchev–Trinajstić information content (AvgIpc) is 3.01. The van der Waals surface area contributed by atoms with Crippen molar-refractivity contribution in [3.8, 4) is 0 Å². The summed E-state index contributed by atoms with van der Waals surface area (Å²) in [7, 11) is 0. The van der Waals surface area contributed by atoms with Gasteiger partial charge in [0.15, 0.2) is 0 Å². The molecule has 0 aliphatic heterocycles. The summed E-state index contributed by atoms with van der Waals surface area (Å²) in [4.78, 5) is 3.95. The summed E-state index contributed by atoms with van der Waals surface area (Å²) in [5.41, 5.74) is 4.97. The fraction of sp³-hybridized carbons (Fsp3) is 0.176. The van der Waals surface area contributed by atoms with Crippen molar-refractivity contribution in [3.63, 3.8) is 0 Å². The molecule has 0 saturated heterocycles. The fourth-order valence-corrected chi connectivity index (χ4v) is 2.24. The van der Waals surface area contributed by atoms with E-state index in [1.165, 1.54) is 16.7 Å². The molecule has 0 unspecified atom stereocenters. The van der Waals surface area contributed by atoms with Crippen molar-refractivity contribution in [2.45, 2.75) is 20.0 Å². The van der Waals surface area contributed by atoms with E-state index in [0.717, 1.165) is 18.8 Å². The molecule has 1 heterocycles. The van der Waals surface area contributed by atoms with Crippen LogP contribution < -0.4 is 5.32 Å². The van der Waals surface area contributed by atoms with Crippen molar-refractivity contribution in [3.05, 3.63) is 77.9 Å². The van der Waals surface area contributed by atoms with Crippen LogP contribution >= 0.6 is 0 Å². The van der Waals surface area contributed by atoms with E-state index < -0.39 is 0 Å². The highest BCUT2D eigenvalue weighted by Gasteiger charge is 1.99. The molecule has 0 bridgehead atoms. The largest absolute Gasteiger partial charge is 0.381 e. The normalized spacial score (nSPS) is 10.5. The SMILES string of the molecule is Cc1ccccc1CNc1ccc(Cn2cncn2)cc1. The van der Waals surface area contributed by atoms with Gasteiger partial charge in [-0.1, -0.05) is 36.4 Å².